The zero-order chi connectivity index (χ0) is 9.99. The quantitative estimate of drug-likeness (QED) is 0.672. The van der Waals surface area contributed by atoms with Crippen LogP contribution in [0.1, 0.15) is 13.8 Å². The number of hydrogen-bond acceptors (Lipinski definition) is 1. The molecule has 0 aromatic rings. The van der Waals surface area contributed by atoms with E-state index in [1.807, 2.05) is 0 Å². The zero-order valence-electron chi connectivity index (χ0n) is 9.86. The molecule has 0 bridgehead atoms. The summed E-state index contributed by atoms with van der Waals surface area (Å²) < 4.78 is 5.83. The van der Waals surface area contributed by atoms with Crippen LogP contribution in [0.25, 0.3) is 0 Å². The minimum absolute atomic E-state index is 1.46. The molecule has 0 aliphatic carbocycles. The van der Waals surface area contributed by atoms with E-state index in [4.69, 9.17) is 0 Å². The molecule has 0 saturated heterocycles. The summed E-state index contributed by atoms with van der Waals surface area (Å²) in [6, 6.07) is 0. The summed E-state index contributed by atoms with van der Waals surface area (Å²) in [6.07, 6.45) is 0. The molecule has 0 amide bonds. The van der Waals surface area contributed by atoms with Crippen LogP contribution in [0.4, 0.5) is 0 Å². The summed E-state index contributed by atoms with van der Waals surface area (Å²) in [5.74, 6) is 0. The van der Waals surface area contributed by atoms with E-state index >= 15 is 0 Å². The molecule has 0 saturated carbocycles. The van der Waals surface area contributed by atoms with Crippen LogP contribution in [0, 0.1) is 0 Å². The maximum atomic E-state index is 2.91. The van der Waals surface area contributed by atoms with Crippen molar-refractivity contribution in [3.8, 4) is 0 Å². The average molecular weight is 385 g/mol. The molecule has 0 unspecified atom stereocenters. The van der Waals surface area contributed by atoms with Gasteiger partial charge in [-0.1, -0.05) is 0 Å². The molecule has 0 fully saturated rings. The Morgan fingerprint density at radius 1 is 0.833 bits per heavy atom. The second kappa shape index (κ2) is 4.87. The molecular weight excluding hydrogens is 360 g/mol. The van der Waals surface area contributed by atoms with Gasteiger partial charge >= 0.3 is 88.2 Å². The number of nitrogens with zero attached hydrogens (tertiary/aromatic N) is 1. The summed E-state index contributed by atoms with van der Waals surface area (Å²) >= 11 is -3.48. The van der Waals surface area contributed by atoms with Crippen molar-refractivity contribution in [3.63, 3.8) is 0 Å². The van der Waals surface area contributed by atoms with E-state index in [2.05, 4.69) is 42.0 Å². The molecule has 0 heterocycles. The molecule has 0 rings (SSSR count). The van der Waals surface area contributed by atoms with E-state index in [9.17, 15) is 0 Å². The van der Waals surface area contributed by atoms with Crippen LogP contribution in [0.5, 0.6) is 0 Å². The van der Waals surface area contributed by atoms with Crippen LogP contribution >= 0.6 is 0 Å². The molecule has 0 N–H and O–H groups in total. The molecule has 0 aromatic carbocycles. The third-order valence-corrected chi connectivity index (χ3v) is 47.0. The first-order chi connectivity index (χ1) is 5.28. The predicted octanol–water partition coefficient (Wildman–Crippen LogP) is 3.37. The standard InChI is InChI=1S/2C2H5.CH3N.4CH3.2Sn/c3*1-2;;;;;;/h2*1H2,2H3;1H3;4*1H3;;. The molecule has 0 radical (unpaired) electrons. The van der Waals surface area contributed by atoms with Gasteiger partial charge in [0.15, 0.2) is 0 Å². The molecule has 0 aromatic heterocycles. The average Bonchev–Trinajstić information content (AvgIpc) is 2.03. The van der Waals surface area contributed by atoms with Gasteiger partial charge in [-0.3, -0.25) is 0 Å². The van der Waals surface area contributed by atoms with Gasteiger partial charge in [0.25, 0.3) is 0 Å². The Morgan fingerprint density at radius 3 is 1.25 bits per heavy atom. The van der Waals surface area contributed by atoms with Gasteiger partial charge in [0, 0.05) is 0 Å². The number of rotatable bonds is 4. The summed E-state index contributed by atoms with van der Waals surface area (Å²) in [6.45, 7) is 4.76. The molecule has 1 nitrogen and oxygen atoms in total. The Balaban J connectivity index is 4.47. The molecule has 0 aliphatic rings. The van der Waals surface area contributed by atoms with Gasteiger partial charge in [0.1, 0.15) is 0 Å². The van der Waals surface area contributed by atoms with Crippen LogP contribution < -0.4 is 0 Å². The van der Waals surface area contributed by atoms with Crippen molar-refractivity contribution in [2.75, 3.05) is 7.05 Å². The Morgan fingerprint density at radius 2 is 1.08 bits per heavy atom. The fourth-order valence-corrected chi connectivity index (χ4v) is 46.1. The summed E-state index contributed by atoms with van der Waals surface area (Å²) in [5, 5.41) is 0. The first-order valence-electron chi connectivity index (χ1n) is 5.02. The third-order valence-electron chi connectivity index (χ3n) is 3.55. The van der Waals surface area contributed by atoms with E-state index in [1.165, 1.54) is 8.87 Å². The maximum absolute atomic E-state index is 2.91. The molecule has 0 aliphatic heterocycles. The first kappa shape index (κ1) is 13.6. The van der Waals surface area contributed by atoms with Gasteiger partial charge in [-0.05, 0) is 0 Å². The van der Waals surface area contributed by atoms with E-state index < -0.39 is 37.3 Å². The molecule has 0 spiro atoms. The molecule has 74 valence electrons. The minimum atomic E-state index is -1.74. The molecular formula is C9H25NSn2. The fraction of sp³-hybridized carbons (Fsp3) is 1.00. The van der Waals surface area contributed by atoms with E-state index in [0.717, 1.165) is 0 Å². The summed E-state index contributed by atoms with van der Waals surface area (Å²) in [4.78, 5) is 10.3. The normalized spacial score (nSPS) is 14.0. The Kier molecular flexibility index (Phi) is 5.50. The van der Waals surface area contributed by atoms with Gasteiger partial charge in [0.2, 0.25) is 0 Å². The second-order valence-electron chi connectivity index (χ2n) is 4.89. The topological polar surface area (TPSA) is 3.24 Å². The molecule has 0 atom stereocenters. The van der Waals surface area contributed by atoms with E-state index in [1.54, 1.807) is 0 Å². The monoisotopic (exact) mass is 387 g/mol. The van der Waals surface area contributed by atoms with Crippen molar-refractivity contribution in [2.45, 2.75) is 42.5 Å². The van der Waals surface area contributed by atoms with Crippen LogP contribution in [-0.2, 0) is 0 Å². The Labute approximate surface area is 87.4 Å². The van der Waals surface area contributed by atoms with Crippen LogP contribution in [0.15, 0.2) is 0 Å². The van der Waals surface area contributed by atoms with E-state index in [0.29, 0.717) is 0 Å². The van der Waals surface area contributed by atoms with Crippen molar-refractivity contribution < 1.29 is 0 Å². The van der Waals surface area contributed by atoms with Crippen molar-refractivity contribution in [1.82, 2.24) is 1.34 Å². The van der Waals surface area contributed by atoms with Crippen LogP contribution in [0.3, 0.4) is 0 Å². The van der Waals surface area contributed by atoms with Gasteiger partial charge in [-0.15, -0.1) is 0 Å². The third kappa shape index (κ3) is 3.37. The van der Waals surface area contributed by atoms with Gasteiger partial charge < -0.3 is 0 Å². The van der Waals surface area contributed by atoms with Crippen molar-refractivity contribution in [1.29, 1.82) is 0 Å². The Bertz CT molecular complexity index is 127. The second-order valence-corrected chi connectivity index (χ2v) is 37.1. The SMILES string of the molecule is C[CH2][Sn]([CH3])([CH3])[N](C)[Sn]([CH3])([CH3])[CH2]C. The van der Waals surface area contributed by atoms with Gasteiger partial charge in [-0.2, -0.15) is 0 Å². The van der Waals surface area contributed by atoms with Gasteiger partial charge in [-0.25, -0.2) is 0 Å². The summed E-state index contributed by atoms with van der Waals surface area (Å²) in [5.41, 5.74) is 0. The predicted molar refractivity (Wildman–Crippen MR) is 63.7 cm³/mol. The van der Waals surface area contributed by atoms with Crippen molar-refractivity contribution in [3.05, 3.63) is 0 Å². The Hall–Kier alpha value is 1.56. The zero-order valence-corrected chi connectivity index (χ0v) is 15.6. The van der Waals surface area contributed by atoms with E-state index in [-0.39, 0.29) is 0 Å². The first-order valence-corrected chi connectivity index (χ1v) is 23.0. The van der Waals surface area contributed by atoms with Crippen LogP contribution in [-0.4, -0.2) is 45.7 Å². The fourth-order valence-electron chi connectivity index (χ4n) is 1.29. The molecule has 12 heavy (non-hydrogen) atoms. The van der Waals surface area contributed by atoms with Gasteiger partial charge in [0.05, 0.1) is 0 Å². The van der Waals surface area contributed by atoms with Crippen molar-refractivity contribution >= 4 is 37.3 Å². The van der Waals surface area contributed by atoms with Crippen LogP contribution in [0.2, 0.25) is 28.6 Å². The van der Waals surface area contributed by atoms with Crippen molar-refractivity contribution in [2.24, 2.45) is 0 Å². The summed E-state index contributed by atoms with van der Waals surface area (Å²) in [7, 11) is 2.42. The number of hydrogen-bond donors (Lipinski definition) is 0. The molecule has 3 heteroatoms.